The predicted octanol–water partition coefficient (Wildman–Crippen LogP) is 1.52. The second-order valence-corrected chi connectivity index (χ2v) is 4.20. The molecule has 0 amide bonds. The number of aryl methyl sites for hydroxylation is 1. The van der Waals surface area contributed by atoms with E-state index in [4.69, 9.17) is 5.90 Å². The molecule has 1 fully saturated rings. The van der Waals surface area contributed by atoms with E-state index in [9.17, 15) is 9.59 Å². The van der Waals surface area contributed by atoms with Gasteiger partial charge in [-0.2, -0.15) is 5.90 Å². The number of benzene rings is 1. The lowest BCUT2D eigenvalue weighted by Gasteiger charge is -2.13. The van der Waals surface area contributed by atoms with Crippen LogP contribution in [0.3, 0.4) is 0 Å². The van der Waals surface area contributed by atoms with Crippen molar-refractivity contribution in [3.05, 3.63) is 29.3 Å². The Morgan fingerprint density at radius 3 is 2.47 bits per heavy atom. The van der Waals surface area contributed by atoms with Crippen LogP contribution in [-0.2, 0) is 16.0 Å². The van der Waals surface area contributed by atoms with Crippen LogP contribution in [0, 0.1) is 0 Å². The maximum Gasteiger partial charge on any atom is 0.148 e. The van der Waals surface area contributed by atoms with Crippen LogP contribution in [0.1, 0.15) is 36.8 Å². The Bertz CT molecular complexity index is 452. The van der Waals surface area contributed by atoms with Crippen molar-refractivity contribution in [2.45, 2.75) is 32.1 Å². The van der Waals surface area contributed by atoms with Crippen molar-refractivity contribution in [3.8, 4) is 5.75 Å². The van der Waals surface area contributed by atoms with E-state index in [1.807, 2.05) is 13.0 Å². The quantitative estimate of drug-likeness (QED) is 0.634. The minimum atomic E-state index is -0.611. The highest BCUT2D eigenvalue weighted by Crippen LogP contribution is 2.32. The molecule has 1 aliphatic carbocycles. The first-order valence-electron chi connectivity index (χ1n) is 5.72. The summed E-state index contributed by atoms with van der Waals surface area (Å²) in [6.07, 6.45) is 1.47. The largest absolute Gasteiger partial charge is 0.412 e. The second kappa shape index (κ2) is 4.67. The van der Waals surface area contributed by atoms with Crippen molar-refractivity contribution in [1.82, 2.24) is 0 Å². The Labute approximate surface area is 99.7 Å². The second-order valence-electron chi connectivity index (χ2n) is 4.20. The topological polar surface area (TPSA) is 69.4 Å². The Morgan fingerprint density at radius 1 is 1.29 bits per heavy atom. The molecule has 0 radical (unpaired) electrons. The van der Waals surface area contributed by atoms with Gasteiger partial charge in [-0.15, -0.1) is 0 Å². The van der Waals surface area contributed by atoms with Gasteiger partial charge in [-0.3, -0.25) is 9.59 Å². The molecule has 4 nitrogen and oxygen atoms in total. The molecule has 90 valence electrons. The minimum Gasteiger partial charge on any atom is -0.412 e. The number of rotatable bonds is 3. The monoisotopic (exact) mass is 233 g/mol. The molecule has 17 heavy (non-hydrogen) atoms. The maximum atomic E-state index is 11.8. The van der Waals surface area contributed by atoms with E-state index < -0.39 is 5.92 Å². The fourth-order valence-electron chi connectivity index (χ4n) is 2.30. The summed E-state index contributed by atoms with van der Waals surface area (Å²) in [5.41, 5.74) is 1.75. The van der Waals surface area contributed by atoms with Crippen LogP contribution >= 0.6 is 0 Å². The Kier molecular flexibility index (Phi) is 3.24. The van der Waals surface area contributed by atoms with Gasteiger partial charge >= 0.3 is 0 Å². The Hall–Kier alpha value is -1.68. The molecule has 0 unspecified atom stereocenters. The number of hydrogen-bond acceptors (Lipinski definition) is 4. The molecule has 1 aromatic rings. The summed E-state index contributed by atoms with van der Waals surface area (Å²) in [5, 5.41) is 0. The smallest absolute Gasteiger partial charge is 0.148 e. The molecule has 2 rings (SSSR count). The number of ketones is 2. The lowest BCUT2D eigenvalue weighted by Crippen LogP contribution is -2.14. The average Bonchev–Trinajstić information content (AvgIpc) is 2.68. The summed E-state index contributed by atoms with van der Waals surface area (Å²) in [4.78, 5) is 28.2. The number of carbonyl (C=O) groups excluding carboxylic acids is 2. The summed E-state index contributed by atoms with van der Waals surface area (Å²) in [5.74, 6) is 4.97. The van der Waals surface area contributed by atoms with Gasteiger partial charge in [0.15, 0.2) is 0 Å². The normalized spacial score (nSPS) is 16.6. The van der Waals surface area contributed by atoms with Gasteiger partial charge in [-0.25, -0.2) is 0 Å². The van der Waals surface area contributed by atoms with Gasteiger partial charge < -0.3 is 4.84 Å². The standard InChI is InChI=1S/C13H15NO3/c1-2-8-3-4-9(17-14)7-10(8)13-11(15)5-6-12(13)16/h3-4,7,13H,2,5-6,14H2,1H3. The summed E-state index contributed by atoms with van der Waals surface area (Å²) in [6.45, 7) is 1.99. The predicted molar refractivity (Wildman–Crippen MR) is 62.6 cm³/mol. The third-order valence-corrected chi connectivity index (χ3v) is 3.21. The summed E-state index contributed by atoms with van der Waals surface area (Å²) >= 11 is 0. The molecule has 0 saturated heterocycles. The zero-order valence-corrected chi connectivity index (χ0v) is 9.73. The third-order valence-electron chi connectivity index (χ3n) is 3.21. The van der Waals surface area contributed by atoms with Gasteiger partial charge in [0, 0.05) is 12.8 Å². The van der Waals surface area contributed by atoms with Crippen molar-refractivity contribution >= 4 is 11.6 Å². The molecule has 0 bridgehead atoms. The lowest BCUT2D eigenvalue weighted by molar-refractivity contribution is -0.123. The molecule has 0 aliphatic heterocycles. The molecule has 4 heteroatoms. The zero-order chi connectivity index (χ0) is 12.4. The number of nitrogens with two attached hydrogens (primary N) is 1. The summed E-state index contributed by atoms with van der Waals surface area (Å²) in [6, 6.07) is 5.30. The minimum absolute atomic E-state index is 0.00104. The van der Waals surface area contributed by atoms with Crippen LogP contribution < -0.4 is 10.7 Å². The van der Waals surface area contributed by atoms with E-state index >= 15 is 0 Å². The number of carbonyl (C=O) groups is 2. The highest BCUT2D eigenvalue weighted by Gasteiger charge is 2.35. The highest BCUT2D eigenvalue weighted by atomic mass is 16.6. The molecule has 0 atom stereocenters. The van der Waals surface area contributed by atoms with E-state index in [2.05, 4.69) is 4.84 Å². The zero-order valence-electron chi connectivity index (χ0n) is 9.73. The van der Waals surface area contributed by atoms with Gasteiger partial charge in [0.05, 0.1) is 0 Å². The first-order chi connectivity index (χ1) is 8.17. The molecule has 1 aromatic carbocycles. The number of Topliss-reactive ketones (excluding diaryl/α,β-unsaturated/α-hetero) is 2. The molecular formula is C13H15NO3. The van der Waals surface area contributed by atoms with Gasteiger partial charge in [-0.05, 0) is 29.7 Å². The SMILES string of the molecule is CCc1ccc(ON)cc1C1C(=O)CCC1=O. The molecule has 0 heterocycles. The molecule has 1 aliphatic rings. The van der Waals surface area contributed by atoms with Crippen LogP contribution in [0.2, 0.25) is 0 Å². The van der Waals surface area contributed by atoms with E-state index in [1.54, 1.807) is 12.1 Å². The van der Waals surface area contributed by atoms with Crippen LogP contribution in [0.4, 0.5) is 0 Å². The van der Waals surface area contributed by atoms with Crippen LogP contribution in [-0.4, -0.2) is 11.6 Å². The first kappa shape index (κ1) is 11.8. The van der Waals surface area contributed by atoms with Crippen molar-refractivity contribution in [3.63, 3.8) is 0 Å². The van der Waals surface area contributed by atoms with E-state index in [-0.39, 0.29) is 11.6 Å². The van der Waals surface area contributed by atoms with Crippen LogP contribution in [0.5, 0.6) is 5.75 Å². The van der Waals surface area contributed by atoms with Crippen LogP contribution in [0.25, 0.3) is 0 Å². The lowest BCUT2D eigenvalue weighted by atomic mass is 9.90. The Morgan fingerprint density at radius 2 is 1.94 bits per heavy atom. The van der Waals surface area contributed by atoms with Crippen molar-refractivity contribution in [2.75, 3.05) is 0 Å². The number of hydrogen-bond donors (Lipinski definition) is 1. The average molecular weight is 233 g/mol. The van der Waals surface area contributed by atoms with Gasteiger partial charge in [-0.1, -0.05) is 13.0 Å². The van der Waals surface area contributed by atoms with Crippen molar-refractivity contribution in [1.29, 1.82) is 0 Å². The Balaban J connectivity index is 2.48. The van der Waals surface area contributed by atoms with Crippen LogP contribution in [0.15, 0.2) is 18.2 Å². The third kappa shape index (κ3) is 2.08. The highest BCUT2D eigenvalue weighted by molar-refractivity contribution is 6.13. The van der Waals surface area contributed by atoms with E-state index in [0.29, 0.717) is 18.6 Å². The fraction of sp³-hybridized carbons (Fsp3) is 0.385. The summed E-state index contributed by atoms with van der Waals surface area (Å²) < 4.78 is 0. The van der Waals surface area contributed by atoms with E-state index in [1.165, 1.54) is 0 Å². The van der Waals surface area contributed by atoms with Gasteiger partial charge in [0.25, 0.3) is 0 Å². The first-order valence-corrected chi connectivity index (χ1v) is 5.72. The van der Waals surface area contributed by atoms with Gasteiger partial charge in [0.1, 0.15) is 23.2 Å². The fourth-order valence-corrected chi connectivity index (χ4v) is 2.30. The van der Waals surface area contributed by atoms with Gasteiger partial charge in [0.2, 0.25) is 0 Å². The van der Waals surface area contributed by atoms with Crippen molar-refractivity contribution < 1.29 is 14.4 Å². The summed E-state index contributed by atoms with van der Waals surface area (Å²) in [7, 11) is 0. The molecule has 0 spiro atoms. The maximum absolute atomic E-state index is 11.8. The molecule has 0 aromatic heterocycles. The van der Waals surface area contributed by atoms with E-state index in [0.717, 1.165) is 17.5 Å². The molecule has 2 N–H and O–H groups in total. The molecular weight excluding hydrogens is 218 g/mol. The van der Waals surface area contributed by atoms with Crippen molar-refractivity contribution in [2.24, 2.45) is 5.90 Å². The molecule has 1 saturated carbocycles.